The van der Waals surface area contributed by atoms with Gasteiger partial charge < -0.3 is 21.3 Å². The molecule has 2 unspecified atom stereocenters. The number of hydrogen-bond donors (Lipinski definition) is 2. The Morgan fingerprint density at radius 2 is 1.87 bits per heavy atom. The monoisotopic (exact) mass is 418 g/mol. The zero-order valence-electron chi connectivity index (χ0n) is 18.1. The van der Waals surface area contributed by atoms with Gasteiger partial charge in [-0.3, -0.25) is 4.68 Å². The van der Waals surface area contributed by atoms with Gasteiger partial charge in [0.1, 0.15) is 0 Å². The van der Waals surface area contributed by atoms with Gasteiger partial charge in [0.05, 0.1) is 29.3 Å². The maximum Gasteiger partial charge on any atom is 0.225 e. The average molecular weight is 419 g/mol. The zero-order chi connectivity index (χ0) is 21.5. The summed E-state index contributed by atoms with van der Waals surface area (Å²) in [6.45, 7) is 1.80. The molecule has 3 aliphatic rings. The largest absolute Gasteiger partial charge is 0.399 e. The molecular formula is C23H30N8. The molecule has 0 bridgehead atoms. The van der Waals surface area contributed by atoms with E-state index in [0.29, 0.717) is 0 Å². The average Bonchev–Trinajstić information content (AvgIpc) is 3.17. The number of anilines is 2. The lowest BCUT2D eigenvalue weighted by atomic mass is 9.89. The molecule has 2 aliphatic heterocycles. The number of fused-ring (bicyclic) bond motifs is 1. The van der Waals surface area contributed by atoms with Crippen LogP contribution < -0.4 is 21.3 Å². The molecule has 5 rings (SSSR count). The second-order valence-electron chi connectivity index (χ2n) is 8.69. The molecule has 4 N–H and O–H groups in total. The van der Waals surface area contributed by atoms with Crippen molar-refractivity contribution in [3.63, 3.8) is 0 Å². The van der Waals surface area contributed by atoms with Gasteiger partial charge in [-0.15, -0.1) is 0 Å². The van der Waals surface area contributed by atoms with E-state index >= 15 is 0 Å². The van der Waals surface area contributed by atoms with Gasteiger partial charge in [0.2, 0.25) is 5.95 Å². The fourth-order valence-corrected chi connectivity index (χ4v) is 4.68. The Bertz CT molecular complexity index is 1060. The van der Waals surface area contributed by atoms with Crippen molar-refractivity contribution >= 4 is 17.7 Å². The fraction of sp³-hybridized carbons (Fsp3) is 0.435. The summed E-state index contributed by atoms with van der Waals surface area (Å²) in [5.41, 5.74) is 17.3. The normalized spacial score (nSPS) is 23.8. The minimum absolute atomic E-state index is 0.0483. The Morgan fingerprint density at radius 3 is 2.61 bits per heavy atom. The van der Waals surface area contributed by atoms with E-state index in [1.807, 2.05) is 30.2 Å². The predicted molar refractivity (Wildman–Crippen MR) is 124 cm³/mol. The van der Waals surface area contributed by atoms with Crippen LogP contribution in [0.5, 0.6) is 0 Å². The molecule has 2 atom stereocenters. The minimum Gasteiger partial charge on any atom is -0.399 e. The van der Waals surface area contributed by atoms with Crippen LogP contribution in [0.25, 0.3) is 6.08 Å². The van der Waals surface area contributed by atoms with E-state index in [0.717, 1.165) is 66.6 Å². The second-order valence-corrected chi connectivity index (χ2v) is 8.69. The summed E-state index contributed by atoms with van der Waals surface area (Å²) < 4.78 is 1.90. The summed E-state index contributed by atoms with van der Waals surface area (Å²) in [7, 11) is 4.07. The quantitative estimate of drug-likeness (QED) is 0.788. The Labute approximate surface area is 182 Å². The van der Waals surface area contributed by atoms with E-state index in [-0.39, 0.29) is 18.0 Å². The maximum atomic E-state index is 6.10. The standard InChI is InChI=1S/C23H30N8/c1-29-19(7-8-20-21(29)14-27-30(20)2)18-13-26-23(31-11-9-17(25)10-12-31)28-22(18)15-3-5-16(24)6-4-15/h3,5-8,13-15,17,19H,4,9-12,24-25H2,1-2H3. The number of nitrogens with zero attached hydrogens (tertiary/aromatic N) is 6. The highest BCUT2D eigenvalue weighted by Gasteiger charge is 2.29. The second kappa shape index (κ2) is 7.85. The lowest BCUT2D eigenvalue weighted by Gasteiger charge is -2.34. The molecule has 1 fully saturated rings. The first kappa shape index (κ1) is 19.8. The molecule has 2 aromatic rings. The molecule has 8 nitrogen and oxygen atoms in total. The van der Waals surface area contributed by atoms with Gasteiger partial charge in [0.15, 0.2) is 0 Å². The minimum atomic E-state index is 0.0483. The maximum absolute atomic E-state index is 6.10. The lowest BCUT2D eigenvalue weighted by Crippen LogP contribution is -2.40. The first-order valence-corrected chi connectivity index (χ1v) is 11.0. The number of likely N-dealkylation sites (N-methyl/N-ethyl adjacent to an activating group) is 1. The van der Waals surface area contributed by atoms with Crippen molar-refractivity contribution < 1.29 is 0 Å². The molecule has 4 heterocycles. The fourth-order valence-electron chi connectivity index (χ4n) is 4.68. The highest BCUT2D eigenvalue weighted by molar-refractivity contribution is 5.70. The van der Waals surface area contributed by atoms with Crippen LogP contribution in [0, 0.1) is 0 Å². The van der Waals surface area contributed by atoms with Crippen molar-refractivity contribution in [2.75, 3.05) is 29.9 Å². The van der Waals surface area contributed by atoms with Crippen molar-refractivity contribution in [1.29, 1.82) is 0 Å². The molecular weight excluding hydrogens is 388 g/mol. The summed E-state index contributed by atoms with van der Waals surface area (Å²) >= 11 is 0. The summed E-state index contributed by atoms with van der Waals surface area (Å²) in [4.78, 5) is 14.4. The number of allylic oxidation sites excluding steroid dienone is 3. The first-order chi connectivity index (χ1) is 15.0. The van der Waals surface area contributed by atoms with Gasteiger partial charge in [-0.25, -0.2) is 9.97 Å². The topological polar surface area (TPSA) is 102 Å². The van der Waals surface area contributed by atoms with E-state index < -0.39 is 0 Å². The number of aryl methyl sites for hydroxylation is 1. The summed E-state index contributed by atoms with van der Waals surface area (Å²) in [6, 6.07) is 0.325. The van der Waals surface area contributed by atoms with Gasteiger partial charge in [0.25, 0.3) is 0 Å². The van der Waals surface area contributed by atoms with Crippen molar-refractivity contribution in [3.05, 3.63) is 59.3 Å². The van der Waals surface area contributed by atoms with Crippen molar-refractivity contribution in [1.82, 2.24) is 19.7 Å². The molecule has 1 saturated heterocycles. The van der Waals surface area contributed by atoms with Crippen molar-refractivity contribution in [2.45, 2.75) is 37.3 Å². The molecule has 2 aromatic heterocycles. The van der Waals surface area contributed by atoms with Crippen LogP contribution in [-0.4, -0.2) is 45.9 Å². The van der Waals surface area contributed by atoms with E-state index in [1.165, 1.54) is 0 Å². The smallest absolute Gasteiger partial charge is 0.225 e. The van der Waals surface area contributed by atoms with Gasteiger partial charge in [-0.05, 0) is 31.4 Å². The number of aromatic nitrogens is 4. The molecule has 0 spiro atoms. The van der Waals surface area contributed by atoms with Crippen LogP contribution in [-0.2, 0) is 7.05 Å². The first-order valence-electron chi connectivity index (χ1n) is 11.0. The van der Waals surface area contributed by atoms with Gasteiger partial charge >= 0.3 is 0 Å². The van der Waals surface area contributed by atoms with E-state index in [2.05, 4.69) is 46.3 Å². The molecule has 0 aromatic carbocycles. The lowest BCUT2D eigenvalue weighted by molar-refractivity contribution is 0.494. The molecule has 0 saturated carbocycles. The molecule has 8 heteroatoms. The Hall–Kier alpha value is -3.13. The van der Waals surface area contributed by atoms with Crippen molar-refractivity contribution in [3.8, 4) is 0 Å². The van der Waals surface area contributed by atoms with Crippen LogP contribution in [0.3, 0.4) is 0 Å². The van der Waals surface area contributed by atoms with E-state index in [4.69, 9.17) is 21.4 Å². The van der Waals surface area contributed by atoms with E-state index in [9.17, 15) is 0 Å². The third-order valence-corrected chi connectivity index (χ3v) is 6.65. The summed E-state index contributed by atoms with van der Waals surface area (Å²) in [5.74, 6) is 0.972. The number of piperidine rings is 1. The third kappa shape index (κ3) is 3.61. The van der Waals surface area contributed by atoms with Crippen molar-refractivity contribution in [2.24, 2.45) is 18.5 Å². The molecule has 0 amide bonds. The van der Waals surface area contributed by atoms with Crippen LogP contribution >= 0.6 is 0 Å². The highest BCUT2D eigenvalue weighted by atomic mass is 15.3. The SMILES string of the molecule is CN1c2cnn(C)c2C=CC1c1cnc(N2CCC(N)CC2)nc1C1C=CC(N)=CC1. The molecule has 0 radical (unpaired) electrons. The van der Waals surface area contributed by atoms with Gasteiger partial charge in [-0.1, -0.05) is 18.2 Å². The van der Waals surface area contributed by atoms with Gasteiger partial charge in [-0.2, -0.15) is 5.10 Å². The third-order valence-electron chi connectivity index (χ3n) is 6.65. The van der Waals surface area contributed by atoms with Gasteiger partial charge in [0, 0.05) is 56.6 Å². The van der Waals surface area contributed by atoms with E-state index in [1.54, 1.807) is 0 Å². The Balaban J connectivity index is 1.53. The van der Waals surface area contributed by atoms with Crippen LogP contribution in [0.15, 0.2) is 42.4 Å². The number of nitrogens with two attached hydrogens (primary N) is 2. The number of hydrogen-bond acceptors (Lipinski definition) is 7. The van der Waals surface area contributed by atoms with Crippen LogP contribution in [0.2, 0.25) is 0 Å². The summed E-state index contributed by atoms with van der Waals surface area (Å²) in [5, 5.41) is 4.42. The highest BCUT2D eigenvalue weighted by Crippen LogP contribution is 2.39. The Morgan fingerprint density at radius 1 is 1.06 bits per heavy atom. The molecule has 31 heavy (non-hydrogen) atoms. The van der Waals surface area contributed by atoms with Crippen LogP contribution in [0.1, 0.15) is 48.2 Å². The molecule has 162 valence electrons. The Kier molecular flexibility index (Phi) is 5.02. The zero-order valence-corrected chi connectivity index (χ0v) is 18.1. The predicted octanol–water partition coefficient (Wildman–Crippen LogP) is 2.23. The summed E-state index contributed by atoms with van der Waals surface area (Å²) in [6.07, 6.45) is 17.3. The molecule has 1 aliphatic carbocycles. The number of rotatable bonds is 3. The van der Waals surface area contributed by atoms with Crippen LogP contribution in [0.4, 0.5) is 11.6 Å².